The van der Waals surface area contributed by atoms with Crippen LogP contribution in [0.25, 0.3) is 10.8 Å². The van der Waals surface area contributed by atoms with Crippen LogP contribution in [0.2, 0.25) is 0 Å². The van der Waals surface area contributed by atoms with Crippen molar-refractivity contribution in [3.8, 4) is 5.75 Å². The van der Waals surface area contributed by atoms with Crippen LogP contribution in [0.3, 0.4) is 0 Å². The molecule has 0 aliphatic carbocycles. The Morgan fingerprint density at radius 2 is 1.76 bits per heavy atom. The summed E-state index contributed by atoms with van der Waals surface area (Å²) in [6.45, 7) is 10.4. The van der Waals surface area contributed by atoms with Crippen molar-refractivity contribution in [2.24, 2.45) is 5.92 Å². The first-order chi connectivity index (χ1) is 13.7. The van der Waals surface area contributed by atoms with E-state index < -0.39 is 0 Å². The SMILES string of the molecule is COc1cc2ccccc2cc1[C@@H]1O[C@H](COC(C)(C)C)C(OC(C)C)C1CO. The van der Waals surface area contributed by atoms with Crippen LogP contribution in [0.1, 0.15) is 46.3 Å². The van der Waals surface area contributed by atoms with Crippen LogP contribution in [0.4, 0.5) is 0 Å². The van der Waals surface area contributed by atoms with Crippen LogP contribution in [0.15, 0.2) is 36.4 Å². The van der Waals surface area contributed by atoms with Crippen LogP contribution in [0.5, 0.6) is 5.75 Å². The maximum Gasteiger partial charge on any atom is 0.125 e. The van der Waals surface area contributed by atoms with Crippen molar-refractivity contribution >= 4 is 10.8 Å². The molecule has 3 rings (SSSR count). The molecule has 0 amide bonds. The van der Waals surface area contributed by atoms with Crippen molar-refractivity contribution in [1.29, 1.82) is 0 Å². The number of hydrogen-bond acceptors (Lipinski definition) is 5. The maximum absolute atomic E-state index is 10.3. The second kappa shape index (κ2) is 9.00. The Balaban J connectivity index is 1.98. The molecule has 0 bridgehead atoms. The zero-order valence-electron chi connectivity index (χ0n) is 18.3. The van der Waals surface area contributed by atoms with Gasteiger partial charge in [0.2, 0.25) is 0 Å². The average molecular weight is 403 g/mol. The van der Waals surface area contributed by atoms with E-state index in [-0.39, 0.29) is 42.5 Å². The molecule has 2 aromatic rings. The number of rotatable bonds is 7. The van der Waals surface area contributed by atoms with E-state index in [9.17, 15) is 5.11 Å². The van der Waals surface area contributed by atoms with Crippen LogP contribution >= 0.6 is 0 Å². The standard InChI is InChI=1S/C24H34O5/c1-15(2)28-23-19(13-25)22(29-21(23)14-27-24(3,4)5)18-11-16-9-7-8-10-17(16)12-20(18)26-6/h7-12,15,19,21-23,25H,13-14H2,1-6H3/t19?,21-,22+,23?/m1/s1. The Labute approximate surface area is 173 Å². The maximum atomic E-state index is 10.3. The Kier molecular flexibility index (Phi) is 6.84. The van der Waals surface area contributed by atoms with E-state index >= 15 is 0 Å². The van der Waals surface area contributed by atoms with Gasteiger partial charge in [-0.15, -0.1) is 0 Å². The van der Waals surface area contributed by atoms with E-state index in [2.05, 4.69) is 18.2 Å². The van der Waals surface area contributed by atoms with Gasteiger partial charge in [0.25, 0.3) is 0 Å². The summed E-state index contributed by atoms with van der Waals surface area (Å²) in [4.78, 5) is 0. The first-order valence-electron chi connectivity index (χ1n) is 10.4. The Morgan fingerprint density at radius 1 is 1.10 bits per heavy atom. The molecule has 1 N–H and O–H groups in total. The van der Waals surface area contributed by atoms with E-state index in [1.807, 2.05) is 52.8 Å². The molecule has 1 heterocycles. The normalized spacial score (nSPS) is 25.1. The fraction of sp³-hybridized carbons (Fsp3) is 0.583. The number of aliphatic hydroxyl groups is 1. The van der Waals surface area contributed by atoms with Gasteiger partial charge in [-0.2, -0.15) is 0 Å². The number of hydrogen-bond donors (Lipinski definition) is 1. The van der Waals surface area contributed by atoms with Crippen molar-refractivity contribution < 1.29 is 24.1 Å². The summed E-state index contributed by atoms with van der Waals surface area (Å²) in [6.07, 6.45) is -0.845. The first kappa shape index (κ1) is 22.0. The minimum absolute atomic E-state index is 0.0204. The fourth-order valence-corrected chi connectivity index (χ4v) is 3.92. The zero-order valence-corrected chi connectivity index (χ0v) is 18.3. The van der Waals surface area contributed by atoms with E-state index in [1.54, 1.807) is 7.11 Å². The minimum atomic E-state index is -0.336. The van der Waals surface area contributed by atoms with Crippen LogP contribution < -0.4 is 4.74 Å². The molecule has 5 heteroatoms. The molecular weight excluding hydrogens is 368 g/mol. The van der Waals surface area contributed by atoms with Crippen molar-refractivity contribution in [2.75, 3.05) is 20.3 Å². The molecule has 0 spiro atoms. The monoisotopic (exact) mass is 402 g/mol. The van der Waals surface area contributed by atoms with Gasteiger partial charge in [-0.1, -0.05) is 24.3 Å². The number of fused-ring (bicyclic) bond motifs is 1. The van der Waals surface area contributed by atoms with Gasteiger partial charge in [-0.25, -0.2) is 0 Å². The molecule has 4 atom stereocenters. The Hall–Kier alpha value is -1.66. The van der Waals surface area contributed by atoms with Gasteiger partial charge in [0.15, 0.2) is 0 Å². The van der Waals surface area contributed by atoms with Crippen molar-refractivity contribution in [3.05, 3.63) is 42.0 Å². The number of benzene rings is 2. The lowest BCUT2D eigenvalue weighted by Gasteiger charge is -2.27. The summed E-state index contributed by atoms with van der Waals surface area (Å²) in [7, 11) is 1.67. The highest BCUT2D eigenvalue weighted by Gasteiger charge is 2.47. The van der Waals surface area contributed by atoms with Gasteiger partial charge in [-0.05, 0) is 57.5 Å². The molecular formula is C24H34O5. The fourth-order valence-electron chi connectivity index (χ4n) is 3.92. The Bertz CT molecular complexity index is 811. The molecule has 29 heavy (non-hydrogen) atoms. The summed E-state index contributed by atoms with van der Waals surface area (Å²) in [5.41, 5.74) is 0.653. The third-order valence-electron chi connectivity index (χ3n) is 5.22. The summed E-state index contributed by atoms with van der Waals surface area (Å²) in [5, 5.41) is 12.5. The van der Waals surface area contributed by atoms with E-state index in [0.29, 0.717) is 6.61 Å². The largest absolute Gasteiger partial charge is 0.496 e. The van der Waals surface area contributed by atoms with Crippen molar-refractivity contribution in [1.82, 2.24) is 0 Å². The molecule has 2 unspecified atom stereocenters. The number of aliphatic hydroxyl groups excluding tert-OH is 1. The molecule has 2 aromatic carbocycles. The molecule has 160 valence electrons. The first-order valence-corrected chi connectivity index (χ1v) is 10.4. The second-order valence-electron chi connectivity index (χ2n) is 8.96. The highest BCUT2D eigenvalue weighted by atomic mass is 16.6. The molecule has 0 radical (unpaired) electrons. The highest BCUT2D eigenvalue weighted by Crippen LogP contribution is 2.44. The molecule has 0 aromatic heterocycles. The molecule has 5 nitrogen and oxygen atoms in total. The Morgan fingerprint density at radius 3 is 2.31 bits per heavy atom. The third-order valence-corrected chi connectivity index (χ3v) is 5.22. The average Bonchev–Trinajstić information content (AvgIpc) is 3.01. The molecule has 1 saturated heterocycles. The predicted molar refractivity (Wildman–Crippen MR) is 114 cm³/mol. The van der Waals surface area contributed by atoms with E-state index in [0.717, 1.165) is 22.1 Å². The summed E-state index contributed by atoms with van der Waals surface area (Å²) >= 11 is 0. The van der Waals surface area contributed by atoms with Gasteiger partial charge in [-0.3, -0.25) is 0 Å². The lowest BCUT2D eigenvalue weighted by molar-refractivity contribution is -0.110. The minimum Gasteiger partial charge on any atom is -0.496 e. The van der Waals surface area contributed by atoms with Crippen LogP contribution in [-0.2, 0) is 14.2 Å². The third kappa shape index (κ3) is 5.10. The van der Waals surface area contributed by atoms with Gasteiger partial charge in [0.1, 0.15) is 11.9 Å². The van der Waals surface area contributed by atoms with Gasteiger partial charge in [0.05, 0.1) is 44.2 Å². The van der Waals surface area contributed by atoms with Crippen LogP contribution in [-0.4, -0.2) is 49.3 Å². The summed E-state index contributed by atoms with van der Waals surface area (Å²) in [6, 6.07) is 12.3. The lowest BCUT2D eigenvalue weighted by Crippen LogP contribution is -2.38. The zero-order chi connectivity index (χ0) is 21.2. The van der Waals surface area contributed by atoms with Crippen molar-refractivity contribution in [3.63, 3.8) is 0 Å². The van der Waals surface area contributed by atoms with Crippen molar-refractivity contribution in [2.45, 2.75) is 64.6 Å². The summed E-state index contributed by atoms with van der Waals surface area (Å²) < 4.78 is 24.4. The van der Waals surface area contributed by atoms with Gasteiger partial charge < -0.3 is 24.1 Å². The molecule has 1 fully saturated rings. The summed E-state index contributed by atoms with van der Waals surface area (Å²) in [5.74, 6) is 0.550. The topological polar surface area (TPSA) is 57.2 Å². The smallest absolute Gasteiger partial charge is 0.125 e. The quantitative estimate of drug-likeness (QED) is 0.739. The molecule has 1 aliphatic rings. The predicted octanol–water partition coefficient (Wildman–Crippen LogP) is 4.51. The molecule has 1 aliphatic heterocycles. The highest BCUT2D eigenvalue weighted by molar-refractivity contribution is 5.85. The van der Waals surface area contributed by atoms with E-state index in [4.69, 9.17) is 18.9 Å². The number of ether oxygens (including phenoxy) is 4. The van der Waals surface area contributed by atoms with Gasteiger partial charge in [0, 0.05) is 11.5 Å². The number of methoxy groups -OCH3 is 1. The van der Waals surface area contributed by atoms with Crippen LogP contribution in [0, 0.1) is 5.92 Å². The lowest BCUT2D eigenvalue weighted by atomic mass is 9.90. The molecule has 0 saturated carbocycles. The second-order valence-corrected chi connectivity index (χ2v) is 8.96. The van der Waals surface area contributed by atoms with Gasteiger partial charge >= 0.3 is 0 Å². The van der Waals surface area contributed by atoms with E-state index in [1.165, 1.54) is 0 Å².